The molecule has 3 N–H and O–H groups in total. The second-order valence-electron chi connectivity index (χ2n) is 7.21. The van der Waals surface area contributed by atoms with Gasteiger partial charge in [0, 0.05) is 12.0 Å². The van der Waals surface area contributed by atoms with Crippen LogP contribution in [-0.4, -0.2) is 17.8 Å². The molecule has 2 aliphatic rings. The smallest absolute Gasteiger partial charge is 0.0636 e. The molecule has 2 aliphatic carbocycles. The molecule has 0 radical (unpaired) electrons. The molecule has 0 saturated heterocycles. The molecule has 2 saturated carbocycles. The summed E-state index contributed by atoms with van der Waals surface area (Å²) in [6.07, 6.45) is 9.61. The maximum Gasteiger partial charge on any atom is 0.0636 e. The van der Waals surface area contributed by atoms with Gasteiger partial charge < -0.3 is 10.8 Å². The highest BCUT2D eigenvalue weighted by Gasteiger charge is 2.43. The van der Waals surface area contributed by atoms with E-state index in [4.69, 9.17) is 5.73 Å². The molecule has 1 atom stereocenters. The van der Waals surface area contributed by atoms with Crippen LogP contribution < -0.4 is 5.73 Å². The average Bonchev–Trinajstić information content (AvgIpc) is 2.40. The molecule has 0 aliphatic heterocycles. The van der Waals surface area contributed by atoms with Crippen molar-refractivity contribution in [3.05, 3.63) is 0 Å². The van der Waals surface area contributed by atoms with E-state index < -0.39 is 0 Å². The first-order valence-electron chi connectivity index (χ1n) is 7.95. The molecule has 106 valence electrons. The van der Waals surface area contributed by atoms with Gasteiger partial charge in [0.05, 0.1) is 6.10 Å². The van der Waals surface area contributed by atoms with Crippen LogP contribution in [0.1, 0.15) is 65.2 Å². The zero-order valence-electron chi connectivity index (χ0n) is 12.2. The summed E-state index contributed by atoms with van der Waals surface area (Å²) >= 11 is 0. The number of hydrogen-bond acceptors (Lipinski definition) is 2. The van der Waals surface area contributed by atoms with Crippen molar-refractivity contribution in [2.45, 2.75) is 71.3 Å². The van der Waals surface area contributed by atoms with Gasteiger partial charge in [0.2, 0.25) is 0 Å². The molecular weight excluding hydrogens is 222 g/mol. The lowest BCUT2D eigenvalue weighted by atomic mass is 9.62. The summed E-state index contributed by atoms with van der Waals surface area (Å²) in [5.41, 5.74) is 6.10. The minimum Gasteiger partial charge on any atom is -0.392 e. The first kappa shape index (κ1) is 14.3. The predicted molar refractivity (Wildman–Crippen MR) is 76.2 cm³/mol. The van der Waals surface area contributed by atoms with Crippen molar-refractivity contribution in [1.82, 2.24) is 0 Å². The molecule has 0 amide bonds. The van der Waals surface area contributed by atoms with Crippen LogP contribution >= 0.6 is 0 Å². The lowest BCUT2D eigenvalue weighted by Crippen LogP contribution is -2.48. The van der Waals surface area contributed by atoms with Gasteiger partial charge >= 0.3 is 0 Å². The van der Waals surface area contributed by atoms with Crippen molar-refractivity contribution in [3.63, 3.8) is 0 Å². The highest BCUT2D eigenvalue weighted by Crippen LogP contribution is 2.45. The van der Waals surface area contributed by atoms with Crippen molar-refractivity contribution < 1.29 is 5.11 Å². The highest BCUT2D eigenvalue weighted by atomic mass is 16.3. The van der Waals surface area contributed by atoms with E-state index in [1.165, 1.54) is 38.5 Å². The molecule has 2 rings (SSSR count). The summed E-state index contributed by atoms with van der Waals surface area (Å²) in [4.78, 5) is 0. The molecule has 0 aromatic carbocycles. The SMILES string of the molecule is CC1CCC(C(O)C2(CN)CCC(C)CC2)CC1. The molecule has 0 spiro atoms. The molecule has 2 nitrogen and oxygen atoms in total. The number of hydrogen-bond donors (Lipinski definition) is 2. The minimum absolute atomic E-state index is 0.0394. The van der Waals surface area contributed by atoms with Crippen molar-refractivity contribution in [2.24, 2.45) is 28.9 Å². The molecule has 0 aromatic rings. The fourth-order valence-corrected chi connectivity index (χ4v) is 4.06. The van der Waals surface area contributed by atoms with Crippen LogP contribution in [0.15, 0.2) is 0 Å². The van der Waals surface area contributed by atoms with Crippen LogP contribution in [0.5, 0.6) is 0 Å². The van der Waals surface area contributed by atoms with E-state index in [9.17, 15) is 5.11 Å². The van der Waals surface area contributed by atoms with Gasteiger partial charge in [0.15, 0.2) is 0 Å². The Bertz CT molecular complexity index is 250. The molecule has 2 heteroatoms. The van der Waals surface area contributed by atoms with Gasteiger partial charge in [0.1, 0.15) is 0 Å². The third-order valence-electron chi connectivity index (χ3n) is 5.81. The molecule has 0 aromatic heterocycles. The van der Waals surface area contributed by atoms with Gasteiger partial charge in [-0.2, -0.15) is 0 Å². The summed E-state index contributed by atoms with van der Waals surface area (Å²) in [5.74, 6) is 2.19. The molecule has 2 fully saturated rings. The average molecular weight is 253 g/mol. The predicted octanol–water partition coefficient (Wildman–Crippen LogP) is 3.33. The summed E-state index contributed by atoms with van der Waals surface area (Å²) < 4.78 is 0. The monoisotopic (exact) mass is 253 g/mol. The number of aliphatic hydroxyl groups is 1. The lowest BCUT2D eigenvalue weighted by Gasteiger charge is -2.46. The zero-order valence-corrected chi connectivity index (χ0v) is 12.2. The number of rotatable bonds is 3. The Morgan fingerprint density at radius 2 is 1.50 bits per heavy atom. The third-order valence-corrected chi connectivity index (χ3v) is 5.81. The van der Waals surface area contributed by atoms with E-state index in [0.29, 0.717) is 12.5 Å². The van der Waals surface area contributed by atoms with E-state index in [2.05, 4.69) is 13.8 Å². The normalized spacial score (nSPS) is 43.7. The quantitative estimate of drug-likeness (QED) is 0.810. The Labute approximate surface area is 112 Å². The number of aliphatic hydroxyl groups excluding tert-OH is 1. The van der Waals surface area contributed by atoms with Gasteiger partial charge in [0.25, 0.3) is 0 Å². The maximum atomic E-state index is 10.8. The summed E-state index contributed by atoms with van der Waals surface area (Å²) in [6.45, 7) is 5.34. The number of nitrogens with two attached hydrogens (primary N) is 1. The highest BCUT2D eigenvalue weighted by molar-refractivity contribution is 4.95. The van der Waals surface area contributed by atoms with Crippen LogP contribution in [0.25, 0.3) is 0 Å². The van der Waals surface area contributed by atoms with Crippen LogP contribution in [0, 0.1) is 23.2 Å². The molecular formula is C16H31NO. The summed E-state index contributed by atoms with van der Waals surface area (Å²) in [6, 6.07) is 0. The fourth-order valence-electron chi connectivity index (χ4n) is 4.06. The van der Waals surface area contributed by atoms with E-state index >= 15 is 0 Å². The largest absolute Gasteiger partial charge is 0.392 e. The maximum absolute atomic E-state index is 10.8. The van der Waals surface area contributed by atoms with Crippen molar-refractivity contribution >= 4 is 0 Å². The van der Waals surface area contributed by atoms with E-state index in [1.54, 1.807) is 0 Å². The standard InChI is InChI=1S/C16H31NO/c1-12-3-5-14(6-4-12)15(18)16(11-17)9-7-13(2)8-10-16/h12-15,18H,3-11,17H2,1-2H3. The Balaban J connectivity index is 1.98. The van der Waals surface area contributed by atoms with E-state index in [-0.39, 0.29) is 11.5 Å². The Morgan fingerprint density at radius 1 is 1.00 bits per heavy atom. The first-order chi connectivity index (χ1) is 8.57. The third kappa shape index (κ3) is 2.91. The first-order valence-corrected chi connectivity index (χ1v) is 7.95. The van der Waals surface area contributed by atoms with Crippen molar-refractivity contribution in [2.75, 3.05) is 6.54 Å². The Morgan fingerprint density at radius 3 is 2.00 bits per heavy atom. The molecule has 0 bridgehead atoms. The van der Waals surface area contributed by atoms with Crippen LogP contribution in [-0.2, 0) is 0 Å². The topological polar surface area (TPSA) is 46.2 Å². The van der Waals surface area contributed by atoms with Crippen molar-refractivity contribution in [3.8, 4) is 0 Å². The van der Waals surface area contributed by atoms with Gasteiger partial charge in [-0.15, -0.1) is 0 Å². The Hall–Kier alpha value is -0.0800. The fraction of sp³-hybridized carbons (Fsp3) is 1.00. The van der Waals surface area contributed by atoms with Gasteiger partial charge in [-0.25, -0.2) is 0 Å². The lowest BCUT2D eigenvalue weighted by molar-refractivity contribution is -0.0552. The second kappa shape index (κ2) is 5.92. The van der Waals surface area contributed by atoms with Crippen LogP contribution in [0.4, 0.5) is 0 Å². The Kier molecular flexibility index (Phi) is 4.71. The van der Waals surface area contributed by atoms with Gasteiger partial charge in [-0.3, -0.25) is 0 Å². The van der Waals surface area contributed by atoms with Crippen LogP contribution in [0.2, 0.25) is 0 Å². The summed E-state index contributed by atoms with van der Waals surface area (Å²) in [5, 5.41) is 10.8. The molecule has 0 heterocycles. The van der Waals surface area contributed by atoms with Gasteiger partial charge in [-0.1, -0.05) is 39.5 Å². The molecule has 18 heavy (non-hydrogen) atoms. The minimum atomic E-state index is -0.150. The zero-order chi connectivity index (χ0) is 13.2. The second-order valence-corrected chi connectivity index (χ2v) is 7.21. The van der Waals surface area contributed by atoms with Gasteiger partial charge in [-0.05, 0) is 43.4 Å². The molecule has 1 unspecified atom stereocenters. The van der Waals surface area contributed by atoms with E-state index in [1.807, 2.05) is 0 Å². The van der Waals surface area contributed by atoms with Crippen LogP contribution in [0.3, 0.4) is 0 Å². The van der Waals surface area contributed by atoms with Crippen molar-refractivity contribution in [1.29, 1.82) is 0 Å². The van der Waals surface area contributed by atoms with E-state index in [0.717, 1.165) is 24.7 Å². The summed E-state index contributed by atoms with van der Waals surface area (Å²) in [7, 11) is 0.